The Bertz CT molecular complexity index is 1210. The van der Waals surface area contributed by atoms with Gasteiger partial charge in [0.25, 0.3) is 0 Å². The molecule has 188 valence electrons. The van der Waals surface area contributed by atoms with Crippen LogP contribution in [0.5, 0.6) is 0 Å². The monoisotopic (exact) mass is 519 g/mol. The number of rotatable bonds is 5. The zero-order valence-corrected chi connectivity index (χ0v) is 21.5. The number of carbonyl (C=O) groups is 2. The molecular weight excluding hydrogens is 490 g/mol. The Labute approximate surface area is 212 Å². The Hall–Kier alpha value is -2.24. The summed E-state index contributed by atoms with van der Waals surface area (Å²) < 4.78 is 21.0. The van der Waals surface area contributed by atoms with E-state index in [1.54, 1.807) is 22.4 Å². The summed E-state index contributed by atoms with van der Waals surface area (Å²) in [6.07, 6.45) is 2.83. The van der Waals surface area contributed by atoms with Crippen molar-refractivity contribution in [2.45, 2.75) is 29.1 Å². The molecule has 4 heterocycles. The first kappa shape index (κ1) is 24.5. The highest BCUT2D eigenvalue weighted by atomic mass is 35.5. The number of nitrogens with one attached hydrogen (secondary N) is 1. The highest BCUT2D eigenvalue weighted by Gasteiger charge is 2.62. The number of carbonyl (C=O) groups excluding carboxylic acids is 2. The van der Waals surface area contributed by atoms with Gasteiger partial charge >= 0.3 is 0 Å². The Balaban J connectivity index is 1.43. The van der Waals surface area contributed by atoms with Crippen LogP contribution in [-0.2, 0) is 25.3 Å². The second-order valence-corrected chi connectivity index (χ2v) is 11.5. The average Bonchev–Trinajstić information content (AvgIpc) is 3.37. The Morgan fingerprint density at radius 2 is 2.03 bits per heavy atom. The number of aromatic nitrogens is 1. The predicted molar refractivity (Wildman–Crippen MR) is 134 cm³/mol. The number of aromatic amines is 1. The third kappa shape index (κ3) is 3.92. The standard InChI is InChI=1S/C24H30ClN5O4S/c1-4-21(31)28-9-7-23(8-10-28)14-30-22(32)13-29(15-24(30,16-34-3)27(23)2)35(33)20-12-17-11-18(25)5-6-19(17)26-20/h4-6,11-12,26H,1,7-10,13-16H2,2-3H3. The number of likely N-dealkylation sites (N-methyl/N-ethyl adjacent to an activating group) is 1. The zero-order chi connectivity index (χ0) is 25.0. The van der Waals surface area contributed by atoms with E-state index in [2.05, 4.69) is 16.5 Å². The van der Waals surface area contributed by atoms with E-state index in [1.165, 1.54) is 6.08 Å². The molecule has 2 aromatic rings. The summed E-state index contributed by atoms with van der Waals surface area (Å²) in [5, 5.41) is 2.01. The number of piperazine rings is 1. The quantitative estimate of drug-likeness (QED) is 0.609. The molecule has 35 heavy (non-hydrogen) atoms. The van der Waals surface area contributed by atoms with Gasteiger partial charge in [-0.15, -0.1) is 0 Å². The Morgan fingerprint density at radius 3 is 2.71 bits per heavy atom. The van der Waals surface area contributed by atoms with E-state index in [0.717, 1.165) is 23.7 Å². The van der Waals surface area contributed by atoms with Crippen molar-refractivity contribution in [2.24, 2.45) is 0 Å². The first-order valence-electron chi connectivity index (χ1n) is 11.6. The first-order chi connectivity index (χ1) is 16.7. The summed E-state index contributed by atoms with van der Waals surface area (Å²) in [5.74, 6) is -0.142. The number of amides is 2. The number of nitrogens with zero attached hydrogens (tertiary/aromatic N) is 4. The van der Waals surface area contributed by atoms with Gasteiger partial charge in [-0.1, -0.05) is 18.2 Å². The van der Waals surface area contributed by atoms with Gasteiger partial charge in [0, 0.05) is 48.2 Å². The van der Waals surface area contributed by atoms with Crippen molar-refractivity contribution < 1.29 is 18.5 Å². The van der Waals surface area contributed by atoms with E-state index in [1.807, 2.05) is 30.1 Å². The number of piperidine rings is 1. The Kier molecular flexibility index (Phi) is 6.29. The summed E-state index contributed by atoms with van der Waals surface area (Å²) in [5.41, 5.74) is -0.187. The fourth-order valence-corrected chi connectivity index (χ4v) is 7.34. The molecule has 2 amide bonds. The summed E-state index contributed by atoms with van der Waals surface area (Å²) in [6, 6.07) is 7.28. The second-order valence-electron chi connectivity index (χ2n) is 9.62. The van der Waals surface area contributed by atoms with E-state index >= 15 is 0 Å². The molecule has 3 aliphatic heterocycles. The SMILES string of the molecule is C=CC(=O)N1CCC2(CC1)CN1C(=O)CN(S(=O)c3cc4cc(Cl)ccc4[nH]3)CC1(COC)N2C. The van der Waals surface area contributed by atoms with E-state index in [0.29, 0.717) is 42.8 Å². The van der Waals surface area contributed by atoms with Crippen LogP contribution >= 0.6 is 11.6 Å². The molecule has 0 saturated carbocycles. The largest absolute Gasteiger partial charge is 0.381 e. The number of fused-ring (bicyclic) bond motifs is 2. The maximum Gasteiger partial charge on any atom is 0.245 e. The fourth-order valence-electron chi connectivity index (χ4n) is 5.90. The van der Waals surface area contributed by atoms with Crippen molar-refractivity contribution in [2.75, 3.05) is 53.5 Å². The summed E-state index contributed by atoms with van der Waals surface area (Å²) in [7, 11) is 2.07. The van der Waals surface area contributed by atoms with Crippen molar-refractivity contribution >= 4 is 45.3 Å². The minimum absolute atomic E-state index is 0.0548. The highest BCUT2D eigenvalue weighted by molar-refractivity contribution is 7.82. The van der Waals surface area contributed by atoms with Gasteiger partial charge in [0.05, 0.1) is 19.7 Å². The molecular formula is C24H30ClN5O4S. The molecule has 2 atom stereocenters. The maximum absolute atomic E-state index is 13.6. The highest BCUT2D eigenvalue weighted by Crippen LogP contribution is 2.45. The lowest BCUT2D eigenvalue weighted by atomic mass is 9.86. The van der Waals surface area contributed by atoms with E-state index in [-0.39, 0.29) is 23.9 Å². The zero-order valence-electron chi connectivity index (χ0n) is 20.0. The maximum atomic E-state index is 13.6. The molecule has 3 aliphatic rings. The van der Waals surface area contributed by atoms with Crippen LogP contribution in [0.15, 0.2) is 41.9 Å². The molecule has 1 aromatic carbocycles. The number of halogens is 1. The van der Waals surface area contributed by atoms with Gasteiger partial charge < -0.3 is 19.5 Å². The molecule has 1 spiro atoms. The molecule has 9 nitrogen and oxygen atoms in total. The topological polar surface area (TPSA) is 89.2 Å². The first-order valence-corrected chi connectivity index (χ1v) is 13.1. The molecule has 0 aliphatic carbocycles. The summed E-state index contributed by atoms with van der Waals surface area (Å²) >= 11 is 6.11. The van der Waals surface area contributed by atoms with Crippen LogP contribution in [0, 0.1) is 0 Å². The van der Waals surface area contributed by atoms with Crippen LogP contribution in [-0.4, -0.2) is 105 Å². The molecule has 2 unspecified atom stereocenters. The lowest BCUT2D eigenvalue weighted by molar-refractivity contribution is -0.152. The van der Waals surface area contributed by atoms with Crippen LogP contribution < -0.4 is 0 Å². The van der Waals surface area contributed by atoms with Crippen LogP contribution in [0.25, 0.3) is 10.9 Å². The van der Waals surface area contributed by atoms with E-state index in [4.69, 9.17) is 16.3 Å². The van der Waals surface area contributed by atoms with E-state index in [9.17, 15) is 13.8 Å². The lowest BCUT2D eigenvalue weighted by Gasteiger charge is -2.50. The third-order valence-electron chi connectivity index (χ3n) is 7.87. The molecule has 1 N–H and O–H groups in total. The van der Waals surface area contributed by atoms with Crippen LogP contribution in [0.2, 0.25) is 5.02 Å². The number of hydrogen-bond acceptors (Lipinski definition) is 5. The number of H-pyrrole nitrogens is 1. The number of ether oxygens (including phenoxy) is 1. The number of benzene rings is 1. The van der Waals surface area contributed by atoms with Crippen molar-refractivity contribution in [3.8, 4) is 0 Å². The minimum atomic E-state index is -1.57. The number of likely N-dealkylation sites (tertiary alicyclic amines) is 1. The van der Waals surface area contributed by atoms with Gasteiger partial charge in [-0.05, 0) is 50.2 Å². The van der Waals surface area contributed by atoms with Crippen molar-refractivity contribution in [3.05, 3.63) is 41.9 Å². The van der Waals surface area contributed by atoms with Gasteiger partial charge in [-0.2, -0.15) is 0 Å². The lowest BCUT2D eigenvalue weighted by Crippen LogP contribution is -2.69. The summed E-state index contributed by atoms with van der Waals surface area (Å²) in [6.45, 7) is 6.10. The third-order valence-corrected chi connectivity index (χ3v) is 9.43. The molecule has 11 heteroatoms. The molecule has 0 radical (unpaired) electrons. The molecule has 3 saturated heterocycles. The van der Waals surface area contributed by atoms with Crippen LogP contribution in [0.1, 0.15) is 12.8 Å². The van der Waals surface area contributed by atoms with Crippen LogP contribution in [0.4, 0.5) is 0 Å². The normalized spacial score (nSPS) is 25.9. The van der Waals surface area contributed by atoms with Crippen LogP contribution in [0.3, 0.4) is 0 Å². The molecule has 0 bridgehead atoms. The molecule has 5 rings (SSSR count). The van der Waals surface area contributed by atoms with Crippen molar-refractivity contribution in [1.29, 1.82) is 0 Å². The molecule has 3 fully saturated rings. The summed E-state index contributed by atoms with van der Waals surface area (Å²) in [4.78, 5) is 34.7. The minimum Gasteiger partial charge on any atom is -0.381 e. The van der Waals surface area contributed by atoms with Gasteiger partial charge in [0.2, 0.25) is 11.8 Å². The van der Waals surface area contributed by atoms with Crippen molar-refractivity contribution in [3.63, 3.8) is 0 Å². The fraction of sp³-hybridized carbons (Fsp3) is 0.500. The van der Waals surface area contributed by atoms with E-state index < -0.39 is 16.6 Å². The van der Waals surface area contributed by atoms with Gasteiger partial charge in [-0.25, -0.2) is 8.51 Å². The number of methoxy groups -OCH3 is 1. The van der Waals surface area contributed by atoms with Crippen molar-refractivity contribution in [1.82, 2.24) is 24.0 Å². The molecule has 1 aromatic heterocycles. The second kappa shape index (κ2) is 9.01. The average molecular weight is 520 g/mol. The predicted octanol–water partition coefficient (Wildman–Crippen LogP) is 1.82. The Morgan fingerprint density at radius 1 is 1.29 bits per heavy atom. The smallest absolute Gasteiger partial charge is 0.245 e. The van der Waals surface area contributed by atoms with Gasteiger partial charge in [-0.3, -0.25) is 14.5 Å². The van der Waals surface area contributed by atoms with Gasteiger partial charge in [0.1, 0.15) is 21.7 Å². The number of hydrogen-bond donors (Lipinski definition) is 1. The van der Waals surface area contributed by atoms with Gasteiger partial charge in [0.15, 0.2) is 0 Å².